The van der Waals surface area contributed by atoms with Gasteiger partial charge >= 0.3 is 0 Å². The number of rotatable bonds is 1. The first kappa shape index (κ1) is 15.3. The number of fused-ring (bicyclic) bond motifs is 1. The molecule has 4 rings (SSSR count). The van der Waals surface area contributed by atoms with Crippen LogP contribution >= 0.6 is 11.6 Å². The summed E-state index contributed by atoms with van der Waals surface area (Å²) in [5.41, 5.74) is 2.67. The maximum atomic E-state index is 12.9. The van der Waals surface area contributed by atoms with E-state index in [4.69, 9.17) is 11.6 Å². The van der Waals surface area contributed by atoms with E-state index in [1.165, 1.54) is 0 Å². The van der Waals surface area contributed by atoms with Crippen LogP contribution in [0.2, 0.25) is 5.02 Å². The summed E-state index contributed by atoms with van der Waals surface area (Å²) >= 11 is 6.15. The lowest BCUT2D eigenvalue weighted by Crippen LogP contribution is -2.34. The molecule has 1 aromatic carbocycles. The van der Waals surface area contributed by atoms with E-state index < -0.39 is 5.92 Å². The Balaban J connectivity index is 1.96. The second-order valence-electron chi connectivity index (χ2n) is 7.31. The summed E-state index contributed by atoms with van der Waals surface area (Å²) in [5, 5.41) is 9.36. The molecule has 0 saturated carbocycles. The van der Waals surface area contributed by atoms with Crippen molar-refractivity contribution in [2.24, 2.45) is 5.41 Å². The Hall–Kier alpha value is -2.27. The first-order valence-corrected chi connectivity index (χ1v) is 8.33. The van der Waals surface area contributed by atoms with E-state index >= 15 is 0 Å². The van der Waals surface area contributed by atoms with Crippen LogP contribution in [0.1, 0.15) is 43.7 Å². The molecular weight excluding hydrogens is 326 g/mol. The number of hydrogen-bond donors (Lipinski definition) is 3. The van der Waals surface area contributed by atoms with E-state index in [0.717, 1.165) is 17.7 Å². The molecule has 0 spiro atoms. The Morgan fingerprint density at radius 3 is 2.71 bits per heavy atom. The third-order valence-electron chi connectivity index (χ3n) is 4.77. The van der Waals surface area contributed by atoms with Gasteiger partial charge in [0.1, 0.15) is 5.82 Å². The zero-order valence-corrected chi connectivity index (χ0v) is 14.3. The predicted molar refractivity (Wildman–Crippen MR) is 93.4 cm³/mol. The second-order valence-corrected chi connectivity index (χ2v) is 7.75. The SMILES string of the molecule is CC1(C)CC(=O)C2=C(C1)Nc1[nH][nH]c(=O)c1[C@@H]2c1cccc(Cl)c1. The predicted octanol–water partition coefficient (Wildman–Crippen LogP) is 3.56. The quantitative estimate of drug-likeness (QED) is 0.741. The monoisotopic (exact) mass is 343 g/mol. The lowest BCUT2D eigenvalue weighted by atomic mass is 9.69. The molecule has 1 atom stereocenters. The molecule has 2 heterocycles. The number of ketones is 1. The first-order chi connectivity index (χ1) is 11.4. The number of allylic oxidation sites excluding steroid dienone is 2. The highest BCUT2D eigenvalue weighted by Gasteiger charge is 2.42. The molecule has 0 bridgehead atoms. The molecule has 3 N–H and O–H groups in total. The minimum absolute atomic E-state index is 0.0879. The van der Waals surface area contributed by atoms with Gasteiger partial charge in [-0.05, 0) is 29.5 Å². The molecular formula is C18H18ClN3O2. The molecule has 2 aromatic rings. The molecule has 124 valence electrons. The van der Waals surface area contributed by atoms with Gasteiger partial charge in [-0.1, -0.05) is 37.6 Å². The standard InChI is InChI=1S/C18H18ClN3O2/c1-18(2)7-11-14(12(23)8-18)13(9-4-3-5-10(19)6-9)15-16(20-11)21-22-17(15)24/h3-6,13H,7-8H2,1-2H3,(H3,20,21,22,24)/t13-/m1/s1. The summed E-state index contributed by atoms with van der Waals surface area (Å²) in [6.45, 7) is 4.17. The van der Waals surface area contributed by atoms with Gasteiger partial charge in [0.2, 0.25) is 0 Å². The van der Waals surface area contributed by atoms with Crippen LogP contribution in [0.4, 0.5) is 5.82 Å². The number of carbonyl (C=O) groups excluding carboxylic acids is 1. The van der Waals surface area contributed by atoms with Gasteiger partial charge in [-0.3, -0.25) is 19.8 Å². The third kappa shape index (κ3) is 2.31. The smallest absolute Gasteiger partial charge is 0.270 e. The molecule has 0 amide bonds. The lowest BCUT2D eigenvalue weighted by molar-refractivity contribution is -0.118. The Kier molecular flexibility index (Phi) is 3.25. The minimum Gasteiger partial charge on any atom is -0.343 e. The minimum atomic E-state index is -0.395. The molecule has 0 fully saturated rings. The van der Waals surface area contributed by atoms with Gasteiger partial charge in [0.05, 0.1) is 5.56 Å². The van der Waals surface area contributed by atoms with Crippen molar-refractivity contribution in [3.8, 4) is 0 Å². The van der Waals surface area contributed by atoms with E-state index in [9.17, 15) is 9.59 Å². The van der Waals surface area contributed by atoms with Gasteiger partial charge in [-0.15, -0.1) is 0 Å². The highest BCUT2D eigenvalue weighted by molar-refractivity contribution is 6.30. The topological polar surface area (TPSA) is 77.8 Å². The largest absolute Gasteiger partial charge is 0.343 e. The Morgan fingerprint density at radius 2 is 1.96 bits per heavy atom. The van der Waals surface area contributed by atoms with Crippen LogP contribution in [0.15, 0.2) is 40.3 Å². The summed E-state index contributed by atoms with van der Waals surface area (Å²) < 4.78 is 0. The maximum absolute atomic E-state index is 12.9. The Bertz CT molecular complexity index is 936. The fourth-order valence-corrected chi connectivity index (χ4v) is 4.04. The van der Waals surface area contributed by atoms with Crippen molar-refractivity contribution in [2.45, 2.75) is 32.6 Å². The van der Waals surface area contributed by atoms with Crippen molar-refractivity contribution >= 4 is 23.2 Å². The number of aromatic amines is 2. The Morgan fingerprint density at radius 1 is 1.17 bits per heavy atom. The zero-order chi connectivity index (χ0) is 17.1. The summed E-state index contributed by atoms with van der Waals surface area (Å²) in [4.78, 5) is 25.2. The number of anilines is 1. The fraction of sp³-hybridized carbons (Fsp3) is 0.333. The van der Waals surface area contributed by atoms with Crippen LogP contribution in [-0.2, 0) is 4.79 Å². The normalized spacial score (nSPS) is 22.0. The van der Waals surface area contributed by atoms with E-state index in [1.807, 2.05) is 18.2 Å². The van der Waals surface area contributed by atoms with Gasteiger partial charge in [-0.2, -0.15) is 0 Å². The molecule has 0 saturated heterocycles. The van der Waals surface area contributed by atoms with Crippen molar-refractivity contribution < 1.29 is 4.79 Å². The van der Waals surface area contributed by atoms with E-state index in [0.29, 0.717) is 28.4 Å². The molecule has 1 aliphatic carbocycles. The summed E-state index contributed by atoms with van der Waals surface area (Å²) in [6, 6.07) is 7.37. The molecule has 2 aliphatic rings. The van der Waals surface area contributed by atoms with Crippen LogP contribution in [0.3, 0.4) is 0 Å². The molecule has 1 aliphatic heterocycles. The number of benzene rings is 1. The maximum Gasteiger partial charge on any atom is 0.270 e. The number of halogens is 1. The number of nitrogens with one attached hydrogen (secondary N) is 3. The number of carbonyl (C=O) groups is 1. The second kappa shape index (κ2) is 5.11. The van der Waals surface area contributed by atoms with Crippen molar-refractivity contribution in [1.82, 2.24) is 10.2 Å². The lowest BCUT2D eigenvalue weighted by Gasteiger charge is -2.37. The molecule has 6 heteroatoms. The average Bonchev–Trinajstić information content (AvgIpc) is 2.85. The van der Waals surface area contributed by atoms with Gasteiger partial charge in [0.25, 0.3) is 5.56 Å². The Labute approximate surface area is 144 Å². The highest BCUT2D eigenvalue weighted by atomic mass is 35.5. The van der Waals surface area contributed by atoms with Crippen molar-refractivity contribution in [3.05, 3.63) is 62.0 Å². The molecule has 0 unspecified atom stereocenters. The van der Waals surface area contributed by atoms with E-state index in [1.54, 1.807) is 6.07 Å². The van der Waals surface area contributed by atoms with E-state index in [2.05, 4.69) is 29.4 Å². The number of aromatic nitrogens is 2. The summed E-state index contributed by atoms with van der Waals surface area (Å²) in [7, 11) is 0. The van der Waals surface area contributed by atoms with Crippen molar-refractivity contribution in [1.29, 1.82) is 0 Å². The molecule has 5 nitrogen and oxygen atoms in total. The molecule has 1 aromatic heterocycles. The van der Waals surface area contributed by atoms with Gasteiger partial charge in [0.15, 0.2) is 5.78 Å². The average molecular weight is 344 g/mol. The fourth-order valence-electron chi connectivity index (χ4n) is 3.84. The van der Waals surface area contributed by atoms with Crippen molar-refractivity contribution in [3.63, 3.8) is 0 Å². The van der Waals surface area contributed by atoms with E-state index in [-0.39, 0.29) is 16.8 Å². The van der Waals surface area contributed by atoms with Crippen LogP contribution in [0.5, 0.6) is 0 Å². The number of hydrogen-bond acceptors (Lipinski definition) is 3. The van der Waals surface area contributed by atoms with Crippen molar-refractivity contribution in [2.75, 3.05) is 5.32 Å². The van der Waals surface area contributed by atoms with Gasteiger partial charge < -0.3 is 5.32 Å². The van der Waals surface area contributed by atoms with Crippen LogP contribution < -0.4 is 10.9 Å². The highest BCUT2D eigenvalue weighted by Crippen LogP contribution is 2.47. The van der Waals surface area contributed by atoms with Gasteiger partial charge in [0, 0.05) is 28.6 Å². The van der Waals surface area contributed by atoms with Crippen LogP contribution in [0, 0.1) is 5.41 Å². The molecule has 0 radical (unpaired) electrons. The number of Topliss-reactive ketones (excluding diaryl/α,β-unsaturated/α-hetero) is 1. The van der Waals surface area contributed by atoms with Crippen LogP contribution in [0.25, 0.3) is 0 Å². The third-order valence-corrected chi connectivity index (χ3v) is 5.01. The summed E-state index contributed by atoms with van der Waals surface area (Å²) in [5.74, 6) is 0.327. The number of H-pyrrole nitrogens is 2. The zero-order valence-electron chi connectivity index (χ0n) is 13.5. The molecule has 24 heavy (non-hydrogen) atoms. The summed E-state index contributed by atoms with van der Waals surface area (Å²) in [6.07, 6.45) is 1.24. The van der Waals surface area contributed by atoms with Gasteiger partial charge in [-0.25, -0.2) is 0 Å². The van der Waals surface area contributed by atoms with Crippen LogP contribution in [-0.4, -0.2) is 16.0 Å². The first-order valence-electron chi connectivity index (χ1n) is 7.95.